The van der Waals surface area contributed by atoms with E-state index in [1.165, 1.54) is 15.9 Å². The third-order valence-corrected chi connectivity index (χ3v) is 5.06. The van der Waals surface area contributed by atoms with Crippen LogP contribution in [0.15, 0.2) is 41.0 Å². The Morgan fingerprint density at radius 1 is 1.38 bits per heavy atom. The first kappa shape index (κ1) is 18.2. The van der Waals surface area contributed by atoms with E-state index in [4.69, 9.17) is 5.73 Å². The molecule has 3 aromatic heterocycles. The van der Waals surface area contributed by atoms with Gasteiger partial charge in [-0.25, -0.2) is 9.89 Å². The highest BCUT2D eigenvalue weighted by Crippen LogP contribution is 2.28. The van der Waals surface area contributed by atoms with Gasteiger partial charge >= 0.3 is 5.69 Å². The van der Waals surface area contributed by atoms with Gasteiger partial charge in [0.25, 0.3) is 6.08 Å². The first-order valence-electron chi connectivity index (χ1n) is 8.00. The smallest absolute Gasteiger partial charge is 0.327 e. The molecule has 3 N–H and O–H groups in total. The van der Waals surface area contributed by atoms with E-state index in [0.717, 1.165) is 21.9 Å². The Hall–Kier alpha value is -2.59. The van der Waals surface area contributed by atoms with Crippen molar-refractivity contribution in [3.8, 4) is 10.4 Å². The van der Waals surface area contributed by atoms with Crippen LogP contribution in [0, 0.1) is 0 Å². The summed E-state index contributed by atoms with van der Waals surface area (Å²) in [4.78, 5) is 13.9. The topological polar surface area (TPSA) is 94.5 Å². The van der Waals surface area contributed by atoms with Crippen molar-refractivity contribution in [2.45, 2.75) is 26.4 Å². The van der Waals surface area contributed by atoms with Gasteiger partial charge in [0.2, 0.25) is 0 Å². The lowest BCUT2D eigenvalue weighted by molar-refractivity contribution is 0.407. The van der Waals surface area contributed by atoms with Gasteiger partial charge < -0.3 is 5.73 Å². The Kier molecular flexibility index (Phi) is 5.43. The summed E-state index contributed by atoms with van der Waals surface area (Å²) >= 11 is 1.52. The van der Waals surface area contributed by atoms with Gasteiger partial charge in [-0.15, -0.1) is 11.3 Å². The van der Waals surface area contributed by atoms with Crippen LogP contribution in [0.25, 0.3) is 10.4 Å². The van der Waals surface area contributed by atoms with Gasteiger partial charge in [-0.05, 0) is 19.1 Å². The first-order chi connectivity index (χ1) is 12.5. The number of halogens is 2. The molecular formula is C16H18F2N6OS. The standard InChI is InChI=1S/C16H18F2N6OS/c1-2-23-8-11(7-20-23)13-4-3-12(26-13)9-24-14(21-22-16(24)25)5-10(6-19)15(17)18/h3-4,7-8H,2,5-6,9,19H2,1H3,(H,22,25). The quantitative estimate of drug-likeness (QED) is 0.657. The molecule has 0 radical (unpaired) electrons. The zero-order chi connectivity index (χ0) is 18.7. The lowest BCUT2D eigenvalue weighted by atomic mass is 10.2. The molecular weight excluding hydrogens is 362 g/mol. The molecule has 3 aromatic rings. The van der Waals surface area contributed by atoms with Crippen molar-refractivity contribution in [1.29, 1.82) is 0 Å². The normalized spacial score (nSPS) is 11.1. The van der Waals surface area contributed by atoms with Crippen LogP contribution in [0.2, 0.25) is 0 Å². The van der Waals surface area contributed by atoms with Crippen molar-refractivity contribution in [2.75, 3.05) is 6.54 Å². The van der Waals surface area contributed by atoms with E-state index < -0.39 is 11.8 Å². The minimum atomic E-state index is -1.83. The minimum absolute atomic E-state index is 0.168. The largest absolute Gasteiger partial charge is 0.343 e. The predicted molar refractivity (Wildman–Crippen MR) is 95.2 cm³/mol. The first-order valence-corrected chi connectivity index (χ1v) is 8.82. The second kappa shape index (κ2) is 7.75. The SMILES string of the molecule is CCn1cc(-c2ccc(Cn3c(CC(CN)=C(F)F)n[nH]c3=O)s2)cn1. The van der Waals surface area contributed by atoms with Gasteiger partial charge in [-0.1, -0.05) is 0 Å². The van der Waals surface area contributed by atoms with Gasteiger partial charge in [0, 0.05) is 46.6 Å². The summed E-state index contributed by atoms with van der Waals surface area (Å²) < 4.78 is 28.9. The van der Waals surface area contributed by atoms with Gasteiger partial charge in [-0.2, -0.15) is 19.0 Å². The number of hydrogen-bond acceptors (Lipinski definition) is 5. The van der Waals surface area contributed by atoms with Crippen molar-refractivity contribution in [1.82, 2.24) is 24.5 Å². The molecule has 0 bridgehead atoms. The summed E-state index contributed by atoms with van der Waals surface area (Å²) in [5, 5.41) is 10.4. The Morgan fingerprint density at radius 3 is 2.85 bits per heavy atom. The number of aromatic nitrogens is 5. The molecule has 7 nitrogen and oxygen atoms in total. The molecule has 0 spiro atoms. The second-order valence-corrected chi connectivity index (χ2v) is 6.79. The summed E-state index contributed by atoms with van der Waals surface area (Å²) in [5.41, 5.74) is 5.67. The van der Waals surface area contributed by atoms with Gasteiger partial charge in [0.05, 0.1) is 12.7 Å². The van der Waals surface area contributed by atoms with Gasteiger partial charge in [-0.3, -0.25) is 9.25 Å². The summed E-state index contributed by atoms with van der Waals surface area (Å²) in [5.74, 6) is 0.233. The number of rotatable bonds is 7. The van der Waals surface area contributed by atoms with E-state index in [0.29, 0.717) is 0 Å². The maximum absolute atomic E-state index is 12.8. The van der Waals surface area contributed by atoms with E-state index in [9.17, 15) is 13.6 Å². The number of nitrogens with zero attached hydrogens (tertiary/aromatic N) is 4. The molecule has 26 heavy (non-hydrogen) atoms. The van der Waals surface area contributed by atoms with E-state index in [1.54, 1.807) is 6.20 Å². The van der Waals surface area contributed by atoms with E-state index in [-0.39, 0.29) is 30.9 Å². The molecule has 0 aliphatic carbocycles. The van der Waals surface area contributed by atoms with Crippen molar-refractivity contribution >= 4 is 11.3 Å². The summed E-state index contributed by atoms with van der Waals surface area (Å²) in [7, 11) is 0. The number of nitrogens with one attached hydrogen (secondary N) is 1. The van der Waals surface area contributed by atoms with E-state index in [2.05, 4.69) is 15.3 Å². The minimum Gasteiger partial charge on any atom is -0.327 e. The molecule has 0 aromatic carbocycles. The summed E-state index contributed by atoms with van der Waals surface area (Å²) in [6.07, 6.45) is 1.74. The molecule has 3 heterocycles. The molecule has 138 valence electrons. The molecule has 0 amide bonds. The number of H-pyrrole nitrogens is 1. The fraction of sp³-hybridized carbons (Fsp3) is 0.312. The molecule has 3 rings (SSSR count). The van der Waals surface area contributed by atoms with Crippen LogP contribution in [0.5, 0.6) is 0 Å². The molecule has 0 aliphatic heterocycles. The van der Waals surface area contributed by atoms with E-state index in [1.807, 2.05) is 29.9 Å². The van der Waals surface area contributed by atoms with Crippen LogP contribution >= 0.6 is 11.3 Å². The van der Waals surface area contributed by atoms with Crippen molar-refractivity contribution < 1.29 is 8.78 Å². The Morgan fingerprint density at radius 2 is 2.19 bits per heavy atom. The lowest BCUT2D eigenvalue weighted by Gasteiger charge is -2.05. The van der Waals surface area contributed by atoms with Crippen molar-refractivity contribution in [2.24, 2.45) is 5.73 Å². The van der Waals surface area contributed by atoms with Crippen LogP contribution in [0.1, 0.15) is 17.6 Å². The van der Waals surface area contributed by atoms with Crippen LogP contribution in [0.3, 0.4) is 0 Å². The number of hydrogen-bond donors (Lipinski definition) is 2. The molecule has 0 aliphatic rings. The van der Waals surface area contributed by atoms with E-state index >= 15 is 0 Å². The third kappa shape index (κ3) is 3.81. The van der Waals surface area contributed by atoms with Crippen LogP contribution in [-0.2, 0) is 19.5 Å². The lowest BCUT2D eigenvalue weighted by Crippen LogP contribution is -2.20. The Bertz CT molecular complexity index is 979. The molecule has 0 fully saturated rings. The monoisotopic (exact) mass is 380 g/mol. The summed E-state index contributed by atoms with van der Waals surface area (Å²) in [6, 6.07) is 3.86. The highest BCUT2D eigenvalue weighted by atomic mass is 32.1. The van der Waals surface area contributed by atoms with Crippen molar-refractivity contribution in [3.05, 3.63) is 57.4 Å². The summed E-state index contributed by atoms with van der Waals surface area (Å²) in [6.45, 7) is 2.76. The predicted octanol–water partition coefficient (Wildman–Crippen LogP) is 2.22. The van der Waals surface area contributed by atoms with Gasteiger partial charge in [0.15, 0.2) is 0 Å². The second-order valence-electron chi connectivity index (χ2n) is 5.63. The molecule has 0 saturated carbocycles. The third-order valence-electron chi connectivity index (χ3n) is 3.94. The average Bonchev–Trinajstić information content (AvgIpc) is 3.34. The highest BCUT2D eigenvalue weighted by Gasteiger charge is 2.15. The zero-order valence-electron chi connectivity index (χ0n) is 14.1. The maximum atomic E-state index is 12.8. The van der Waals surface area contributed by atoms with Crippen LogP contribution < -0.4 is 11.4 Å². The van der Waals surface area contributed by atoms with Gasteiger partial charge in [0.1, 0.15) is 5.82 Å². The number of thiophene rings is 1. The average molecular weight is 380 g/mol. The number of aryl methyl sites for hydroxylation is 1. The van der Waals surface area contributed by atoms with Crippen molar-refractivity contribution in [3.63, 3.8) is 0 Å². The number of aromatic amines is 1. The van der Waals surface area contributed by atoms with Crippen LogP contribution in [-0.4, -0.2) is 31.1 Å². The molecule has 0 atom stereocenters. The number of nitrogens with two attached hydrogens (primary N) is 1. The molecule has 0 unspecified atom stereocenters. The Labute approximate surface area is 151 Å². The highest BCUT2D eigenvalue weighted by molar-refractivity contribution is 7.15. The van der Waals surface area contributed by atoms with Crippen LogP contribution in [0.4, 0.5) is 8.78 Å². The Balaban J connectivity index is 1.83. The molecule has 0 saturated heterocycles. The molecule has 10 heteroatoms. The zero-order valence-corrected chi connectivity index (χ0v) is 14.9. The fourth-order valence-electron chi connectivity index (χ4n) is 2.49. The maximum Gasteiger partial charge on any atom is 0.343 e. The fourth-order valence-corrected chi connectivity index (χ4v) is 3.46.